The van der Waals surface area contributed by atoms with Gasteiger partial charge in [-0.2, -0.15) is 0 Å². The Balaban J connectivity index is 2.18. The van der Waals surface area contributed by atoms with Gasteiger partial charge in [0.15, 0.2) is 0 Å². The van der Waals surface area contributed by atoms with Crippen molar-refractivity contribution < 1.29 is 5.11 Å². The second kappa shape index (κ2) is 5.51. The quantitative estimate of drug-likeness (QED) is 0.866. The van der Waals surface area contributed by atoms with Crippen LogP contribution in [0.2, 0.25) is 0 Å². The molecule has 0 saturated heterocycles. The van der Waals surface area contributed by atoms with Gasteiger partial charge in [-0.15, -0.1) is 11.3 Å². The van der Waals surface area contributed by atoms with E-state index in [1.54, 1.807) is 11.3 Å². The van der Waals surface area contributed by atoms with Gasteiger partial charge in [-0.25, -0.2) is 0 Å². The molecule has 0 amide bonds. The highest BCUT2D eigenvalue weighted by molar-refractivity contribution is 7.12. The van der Waals surface area contributed by atoms with Gasteiger partial charge in [-0.05, 0) is 49.8 Å². The summed E-state index contributed by atoms with van der Waals surface area (Å²) in [4.78, 5) is 2.62. The maximum atomic E-state index is 10.4. The molecule has 1 aromatic rings. The molecule has 3 heteroatoms. The molecule has 3 N–H and O–H groups in total. The SMILES string of the molecule is CC(C)C(CN)C(O)c1cc2c(s1)CCCC2. The van der Waals surface area contributed by atoms with Crippen molar-refractivity contribution in [3.63, 3.8) is 0 Å². The average Bonchev–Trinajstić information content (AvgIpc) is 2.72. The van der Waals surface area contributed by atoms with Gasteiger partial charge in [0.2, 0.25) is 0 Å². The number of rotatable bonds is 4. The third-order valence-corrected chi connectivity index (χ3v) is 5.15. The zero-order valence-corrected chi connectivity index (χ0v) is 11.6. The fraction of sp³-hybridized carbons (Fsp3) is 0.714. The molecular formula is C14H23NOS. The first kappa shape index (κ1) is 13.1. The number of hydrogen-bond acceptors (Lipinski definition) is 3. The monoisotopic (exact) mass is 253 g/mol. The van der Waals surface area contributed by atoms with Crippen LogP contribution in [0, 0.1) is 11.8 Å². The molecule has 2 rings (SSSR count). The highest BCUT2D eigenvalue weighted by Gasteiger charge is 2.25. The van der Waals surface area contributed by atoms with Crippen molar-refractivity contribution in [2.75, 3.05) is 6.54 Å². The van der Waals surface area contributed by atoms with Crippen LogP contribution in [0.5, 0.6) is 0 Å². The van der Waals surface area contributed by atoms with Crippen LogP contribution in [-0.2, 0) is 12.8 Å². The Morgan fingerprint density at radius 2 is 2.06 bits per heavy atom. The number of aliphatic hydroxyl groups is 1. The summed E-state index contributed by atoms with van der Waals surface area (Å²) >= 11 is 1.80. The number of hydrogen-bond donors (Lipinski definition) is 2. The van der Waals surface area contributed by atoms with Crippen LogP contribution in [0.4, 0.5) is 0 Å². The zero-order chi connectivity index (χ0) is 12.4. The van der Waals surface area contributed by atoms with Crippen LogP contribution < -0.4 is 5.73 Å². The minimum absolute atomic E-state index is 0.176. The summed E-state index contributed by atoms with van der Waals surface area (Å²) in [6.07, 6.45) is 4.60. The summed E-state index contributed by atoms with van der Waals surface area (Å²) in [6, 6.07) is 2.22. The predicted molar refractivity (Wildman–Crippen MR) is 73.3 cm³/mol. The van der Waals surface area contributed by atoms with E-state index in [0.29, 0.717) is 12.5 Å². The zero-order valence-electron chi connectivity index (χ0n) is 10.8. The van der Waals surface area contributed by atoms with E-state index >= 15 is 0 Å². The largest absolute Gasteiger partial charge is 0.387 e. The van der Waals surface area contributed by atoms with Gasteiger partial charge < -0.3 is 10.8 Å². The van der Waals surface area contributed by atoms with Crippen LogP contribution >= 0.6 is 11.3 Å². The summed E-state index contributed by atoms with van der Waals surface area (Å²) in [7, 11) is 0. The number of thiophene rings is 1. The van der Waals surface area contributed by atoms with Gasteiger partial charge >= 0.3 is 0 Å². The third-order valence-electron chi connectivity index (χ3n) is 3.84. The van der Waals surface area contributed by atoms with Crippen LogP contribution in [0.15, 0.2) is 6.07 Å². The predicted octanol–water partition coefficient (Wildman–Crippen LogP) is 2.89. The van der Waals surface area contributed by atoms with Crippen molar-refractivity contribution in [2.24, 2.45) is 17.6 Å². The van der Waals surface area contributed by atoms with E-state index in [4.69, 9.17) is 5.73 Å². The maximum Gasteiger partial charge on any atom is 0.0924 e. The molecule has 2 unspecified atom stereocenters. The lowest BCUT2D eigenvalue weighted by Crippen LogP contribution is -2.26. The number of fused-ring (bicyclic) bond motifs is 1. The molecule has 1 heterocycles. The Bertz CT molecular complexity index is 349. The van der Waals surface area contributed by atoms with E-state index in [1.165, 1.54) is 36.1 Å². The number of aliphatic hydroxyl groups excluding tert-OH is 1. The third kappa shape index (κ3) is 2.72. The lowest BCUT2D eigenvalue weighted by atomic mass is 9.89. The van der Waals surface area contributed by atoms with Crippen LogP contribution in [0.1, 0.15) is 48.1 Å². The van der Waals surface area contributed by atoms with Crippen molar-refractivity contribution in [1.82, 2.24) is 0 Å². The normalized spacial score (nSPS) is 19.1. The first-order valence-electron chi connectivity index (χ1n) is 6.63. The Labute approximate surface area is 108 Å². The Hall–Kier alpha value is -0.380. The molecule has 0 spiro atoms. The smallest absolute Gasteiger partial charge is 0.0924 e. The average molecular weight is 253 g/mol. The van der Waals surface area contributed by atoms with Gasteiger partial charge in [0.05, 0.1) is 6.10 Å². The van der Waals surface area contributed by atoms with Gasteiger partial charge in [0.1, 0.15) is 0 Å². The summed E-state index contributed by atoms with van der Waals surface area (Å²) in [5.74, 6) is 0.601. The summed E-state index contributed by atoms with van der Waals surface area (Å²) in [5.41, 5.74) is 7.25. The Kier molecular flexibility index (Phi) is 4.23. The fourth-order valence-electron chi connectivity index (χ4n) is 2.64. The summed E-state index contributed by atoms with van der Waals surface area (Å²) < 4.78 is 0. The first-order valence-corrected chi connectivity index (χ1v) is 7.44. The summed E-state index contributed by atoms with van der Waals surface area (Å²) in [5, 5.41) is 10.4. The van der Waals surface area contributed by atoms with Crippen molar-refractivity contribution in [1.29, 1.82) is 0 Å². The Morgan fingerprint density at radius 3 is 2.65 bits per heavy atom. The minimum atomic E-state index is -0.379. The molecule has 1 aliphatic rings. The molecule has 0 saturated carbocycles. The van der Waals surface area contributed by atoms with Crippen molar-refractivity contribution >= 4 is 11.3 Å². The maximum absolute atomic E-state index is 10.4. The number of aryl methyl sites for hydroxylation is 2. The van der Waals surface area contributed by atoms with E-state index in [0.717, 1.165) is 4.88 Å². The molecule has 2 atom stereocenters. The topological polar surface area (TPSA) is 46.2 Å². The lowest BCUT2D eigenvalue weighted by Gasteiger charge is -2.23. The van der Waals surface area contributed by atoms with Gasteiger partial charge in [-0.1, -0.05) is 13.8 Å². The lowest BCUT2D eigenvalue weighted by molar-refractivity contribution is 0.0892. The second-order valence-electron chi connectivity index (χ2n) is 5.39. The molecule has 0 aliphatic heterocycles. The second-order valence-corrected chi connectivity index (χ2v) is 6.56. The van der Waals surface area contributed by atoms with Gasteiger partial charge in [0.25, 0.3) is 0 Å². The molecule has 96 valence electrons. The molecule has 1 aromatic heterocycles. The van der Waals surface area contributed by atoms with E-state index in [9.17, 15) is 5.11 Å². The fourth-order valence-corrected chi connectivity index (χ4v) is 3.96. The van der Waals surface area contributed by atoms with Crippen LogP contribution in [-0.4, -0.2) is 11.7 Å². The molecule has 17 heavy (non-hydrogen) atoms. The molecule has 0 bridgehead atoms. The van der Waals surface area contributed by atoms with Gasteiger partial charge in [-0.3, -0.25) is 0 Å². The van der Waals surface area contributed by atoms with Crippen molar-refractivity contribution in [3.05, 3.63) is 21.4 Å². The standard InChI is InChI=1S/C14H23NOS/c1-9(2)11(8-15)14(16)13-7-10-5-3-4-6-12(10)17-13/h7,9,11,14,16H,3-6,8,15H2,1-2H3. The molecule has 1 aliphatic carbocycles. The van der Waals surface area contributed by atoms with E-state index < -0.39 is 0 Å². The van der Waals surface area contributed by atoms with E-state index in [1.807, 2.05) is 0 Å². The molecule has 0 fully saturated rings. The number of nitrogens with two attached hydrogens (primary N) is 1. The molecule has 2 nitrogen and oxygen atoms in total. The van der Waals surface area contributed by atoms with E-state index in [-0.39, 0.29) is 12.0 Å². The van der Waals surface area contributed by atoms with Crippen molar-refractivity contribution in [3.8, 4) is 0 Å². The Morgan fingerprint density at radius 1 is 1.35 bits per heavy atom. The highest BCUT2D eigenvalue weighted by atomic mass is 32.1. The molecular weight excluding hydrogens is 230 g/mol. The van der Waals surface area contributed by atoms with E-state index in [2.05, 4.69) is 19.9 Å². The molecule has 0 aromatic carbocycles. The molecule has 0 radical (unpaired) electrons. The van der Waals surface area contributed by atoms with Crippen LogP contribution in [0.3, 0.4) is 0 Å². The van der Waals surface area contributed by atoms with Gasteiger partial charge in [0, 0.05) is 15.7 Å². The van der Waals surface area contributed by atoms with Crippen LogP contribution in [0.25, 0.3) is 0 Å². The highest BCUT2D eigenvalue weighted by Crippen LogP contribution is 2.36. The first-order chi connectivity index (χ1) is 8.13. The van der Waals surface area contributed by atoms with Crippen molar-refractivity contribution in [2.45, 2.75) is 45.6 Å². The minimum Gasteiger partial charge on any atom is -0.387 e. The summed E-state index contributed by atoms with van der Waals surface area (Å²) in [6.45, 7) is 4.82.